The number of tetrazole rings is 1. The second-order valence-electron chi connectivity index (χ2n) is 5.38. The fourth-order valence-electron chi connectivity index (χ4n) is 2.59. The Bertz CT molecular complexity index is 529. The summed E-state index contributed by atoms with van der Waals surface area (Å²) in [6, 6.07) is 8.94. The molecular weight excluding hydrogens is 270 g/mol. The van der Waals surface area contributed by atoms with E-state index in [9.17, 15) is 0 Å². The summed E-state index contributed by atoms with van der Waals surface area (Å²) in [5, 5.41) is 12.7. The maximum Gasteiger partial charge on any atom is 0.162 e. The molecule has 2 unspecified atom stereocenters. The lowest BCUT2D eigenvalue weighted by Crippen LogP contribution is -2.27. The summed E-state index contributed by atoms with van der Waals surface area (Å²) in [5.74, 6) is 0. The molecule has 20 heavy (non-hydrogen) atoms. The van der Waals surface area contributed by atoms with Crippen LogP contribution in [0.4, 0.5) is 0 Å². The maximum absolute atomic E-state index is 4.26. The van der Waals surface area contributed by atoms with Crippen LogP contribution < -0.4 is 0 Å². The molecule has 106 valence electrons. The van der Waals surface area contributed by atoms with Crippen molar-refractivity contribution in [1.82, 2.24) is 25.1 Å². The summed E-state index contributed by atoms with van der Waals surface area (Å²) in [7, 11) is 4.20. The number of thioether (sulfide) groups is 1. The van der Waals surface area contributed by atoms with E-state index in [1.54, 1.807) is 4.80 Å². The van der Waals surface area contributed by atoms with Gasteiger partial charge in [0.05, 0.1) is 6.04 Å². The van der Waals surface area contributed by atoms with E-state index in [1.807, 2.05) is 11.8 Å². The third-order valence-electron chi connectivity index (χ3n) is 3.63. The van der Waals surface area contributed by atoms with Crippen LogP contribution in [-0.4, -0.2) is 51.0 Å². The predicted octanol–water partition coefficient (Wildman–Crippen LogP) is 1.88. The molecule has 6 heteroatoms. The lowest BCUT2D eigenvalue weighted by atomic mass is 10.0. The van der Waals surface area contributed by atoms with Crippen LogP contribution >= 0.6 is 11.8 Å². The first-order chi connectivity index (χ1) is 9.74. The molecule has 1 aromatic carbocycles. The molecule has 2 heterocycles. The molecule has 0 radical (unpaired) electrons. The topological polar surface area (TPSA) is 46.8 Å². The van der Waals surface area contributed by atoms with Crippen LogP contribution in [0.15, 0.2) is 35.5 Å². The van der Waals surface area contributed by atoms with Gasteiger partial charge in [-0.15, -0.1) is 22.0 Å². The standard InChI is InChI=1S/C14H19N5S/c1-18(2)8-7-12(19-16-10-15-17-19)14-9-11-5-3-4-6-13(11)20-14/h3-6,10,12,14H,7-9H2,1-2H3. The molecule has 5 nitrogen and oxygen atoms in total. The number of hydrogen-bond acceptors (Lipinski definition) is 5. The highest BCUT2D eigenvalue weighted by Crippen LogP contribution is 2.42. The molecule has 1 aliphatic rings. The zero-order chi connectivity index (χ0) is 13.9. The summed E-state index contributed by atoms with van der Waals surface area (Å²) >= 11 is 1.95. The summed E-state index contributed by atoms with van der Waals surface area (Å²) in [5.41, 5.74) is 1.44. The summed E-state index contributed by atoms with van der Waals surface area (Å²) in [6.45, 7) is 1.03. The van der Waals surface area contributed by atoms with Gasteiger partial charge in [0, 0.05) is 10.1 Å². The number of rotatable bonds is 5. The van der Waals surface area contributed by atoms with E-state index in [2.05, 4.69) is 58.7 Å². The van der Waals surface area contributed by atoms with E-state index in [4.69, 9.17) is 0 Å². The van der Waals surface area contributed by atoms with Gasteiger partial charge in [-0.2, -0.15) is 4.80 Å². The molecule has 3 rings (SSSR count). The van der Waals surface area contributed by atoms with Gasteiger partial charge in [-0.25, -0.2) is 0 Å². The minimum Gasteiger partial charge on any atom is -0.309 e. The fourth-order valence-corrected chi connectivity index (χ4v) is 4.04. The molecule has 0 saturated heterocycles. The van der Waals surface area contributed by atoms with Gasteiger partial charge in [-0.3, -0.25) is 0 Å². The first kappa shape index (κ1) is 13.6. The first-order valence-electron chi connectivity index (χ1n) is 6.86. The highest BCUT2D eigenvalue weighted by Gasteiger charge is 2.31. The van der Waals surface area contributed by atoms with Gasteiger partial charge in [0.25, 0.3) is 0 Å². The molecule has 0 N–H and O–H groups in total. The zero-order valence-electron chi connectivity index (χ0n) is 11.8. The molecule has 0 amide bonds. The minimum atomic E-state index is 0.289. The zero-order valence-corrected chi connectivity index (χ0v) is 12.6. The van der Waals surface area contributed by atoms with Crippen molar-refractivity contribution in [2.45, 2.75) is 29.0 Å². The van der Waals surface area contributed by atoms with Crippen molar-refractivity contribution in [1.29, 1.82) is 0 Å². The Hall–Kier alpha value is -1.40. The molecule has 2 atom stereocenters. The van der Waals surface area contributed by atoms with Gasteiger partial charge >= 0.3 is 0 Å². The normalized spacial score (nSPS) is 19.2. The summed E-state index contributed by atoms with van der Waals surface area (Å²) in [6.07, 6.45) is 3.64. The smallest absolute Gasteiger partial charge is 0.162 e. The van der Waals surface area contributed by atoms with Crippen LogP contribution in [0.2, 0.25) is 0 Å². The third-order valence-corrected chi connectivity index (χ3v) is 5.07. The van der Waals surface area contributed by atoms with Crippen LogP contribution in [0, 0.1) is 0 Å². The molecule has 0 bridgehead atoms. The Balaban J connectivity index is 1.77. The fraction of sp³-hybridized carbons (Fsp3) is 0.500. The molecule has 0 spiro atoms. The molecule has 1 aliphatic heterocycles. The second kappa shape index (κ2) is 5.93. The third kappa shape index (κ3) is 2.86. The van der Waals surface area contributed by atoms with Crippen molar-refractivity contribution in [3.05, 3.63) is 36.2 Å². The van der Waals surface area contributed by atoms with E-state index in [0.717, 1.165) is 19.4 Å². The van der Waals surface area contributed by atoms with E-state index in [-0.39, 0.29) is 6.04 Å². The highest BCUT2D eigenvalue weighted by molar-refractivity contribution is 8.00. The van der Waals surface area contributed by atoms with Crippen LogP contribution in [0.3, 0.4) is 0 Å². The van der Waals surface area contributed by atoms with Gasteiger partial charge in [0.2, 0.25) is 0 Å². The Kier molecular flexibility index (Phi) is 4.03. The Labute approximate surface area is 123 Å². The molecule has 0 aliphatic carbocycles. The number of nitrogens with zero attached hydrogens (tertiary/aromatic N) is 5. The number of hydrogen-bond donors (Lipinski definition) is 0. The van der Waals surface area contributed by atoms with Gasteiger partial charge in [0.15, 0.2) is 6.33 Å². The highest BCUT2D eigenvalue weighted by atomic mass is 32.2. The van der Waals surface area contributed by atoms with Crippen LogP contribution in [0.5, 0.6) is 0 Å². The average Bonchev–Trinajstić information content (AvgIpc) is 3.07. The molecule has 0 saturated carbocycles. The lowest BCUT2D eigenvalue weighted by Gasteiger charge is -2.23. The van der Waals surface area contributed by atoms with Crippen molar-refractivity contribution in [3.8, 4) is 0 Å². The van der Waals surface area contributed by atoms with Crippen molar-refractivity contribution in [2.75, 3.05) is 20.6 Å². The first-order valence-corrected chi connectivity index (χ1v) is 7.74. The van der Waals surface area contributed by atoms with Crippen LogP contribution in [-0.2, 0) is 6.42 Å². The largest absolute Gasteiger partial charge is 0.309 e. The Morgan fingerprint density at radius 3 is 2.95 bits per heavy atom. The second-order valence-corrected chi connectivity index (χ2v) is 6.66. The van der Waals surface area contributed by atoms with E-state index < -0.39 is 0 Å². The quantitative estimate of drug-likeness (QED) is 0.841. The average molecular weight is 289 g/mol. The molecule has 2 aromatic rings. The number of fused-ring (bicyclic) bond motifs is 1. The number of benzene rings is 1. The van der Waals surface area contributed by atoms with E-state index >= 15 is 0 Å². The van der Waals surface area contributed by atoms with Crippen molar-refractivity contribution >= 4 is 11.8 Å². The molecular formula is C14H19N5S. The van der Waals surface area contributed by atoms with Gasteiger partial charge in [-0.1, -0.05) is 18.2 Å². The van der Waals surface area contributed by atoms with Gasteiger partial charge < -0.3 is 4.90 Å². The maximum atomic E-state index is 4.26. The summed E-state index contributed by atoms with van der Waals surface area (Å²) in [4.78, 5) is 5.39. The SMILES string of the molecule is CN(C)CCC(C1Cc2ccccc2S1)n1ncnn1. The number of aromatic nitrogens is 4. The lowest BCUT2D eigenvalue weighted by molar-refractivity contribution is 0.305. The van der Waals surface area contributed by atoms with Crippen molar-refractivity contribution in [2.24, 2.45) is 0 Å². The van der Waals surface area contributed by atoms with E-state index in [1.165, 1.54) is 16.8 Å². The minimum absolute atomic E-state index is 0.289. The summed E-state index contributed by atoms with van der Waals surface area (Å²) < 4.78 is 0. The Morgan fingerprint density at radius 1 is 1.40 bits per heavy atom. The van der Waals surface area contributed by atoms with Crippen LogP contribution in [0.1, 0.15) is 18.0 Å². The monoisotopic (exact) mass is 289 g/mol. The van der Waals surface area contributed by atoms with Crippen molar-refractivity contribution < 1.29 is 0 Å². The van der Waals surface area contributed by atoms with Gasteiger partial charge in [0.1, 0.15) is 0 Å². The van der Waals surface area contributed by atoms with E-state index in [0.29, 0.717) is 5.25 Å². The molecule has 0 fully saturated rings. The van der Waals surface area contributed by atoms with Crippen LogP contribution in [0.25, 0.3) is 0 Å². The van der Waals surface area contributed by atoms with Gasteiger partial charge in [-0.05, 0) is 50.3 Å². The predicted molar refractivity (Wildman–Crippen MR) is 79.8 cm³/mol. The molecule has 1 aromatic heterocycles. The van der Waals surface area contributed by atoms with Crippen molar-refractivity contribution in [3.63, 3.8) is 0 Å². The Morgan fingerprint density at radius 2 is 2.25 bits per heavy atom.